The third-order valence-electron chi connectivity index (χ3n) is 4.76. The standard InChI is InChI=1S/C21H23N3O6S/c1-4-30-21(28)17-13-6-5-7-16(13)31-20(17)22-18(26)19(27)24-23-11(2)12-8-9-14(25)15(10-12)29-3/h8-10,25H,4-7H2,1-3H3,(H,22,26)(H,24,27)/b23-11+. The number of ether oxygens (including phenoxy) is 2. The van der Waals surface area contributed by atoms with Crippen LogP contribution in [0.4, 0.5) is 5.00 Å². The molecule has 0 bridgehead atoms. The largest absolute Gasteiger partial charge is 0.504 e. The molecule has 10 heteroatoms. The van der Waals surface area contributed by atoms with Gasteiger partial charge in [-0.2, -0.15) is 5.10 Å². The van der Waals surface area contributed by atoms with E-state index in [2.05, 4.69) is 15.8 Å². The van der Waals surface area contributed by atoms with Crippen molar-refractivity contribution in [1.29, 1.82) is 0 Å². The number of thiophene rings is 1. The third-order valence-corrected chi connectivity index (χ3v) is 5.96. The highest BCUT2D eigenvalue weighted by atomic mass is 32.1. The Kier molecular flexibility index (Phi) is 6.91. The summed E-state index contributed by atoms with van der Waals surface area (Å²) in [5, 5.41) is 16.4. The van der Waals surface area contributed by atoms with Crippen molar-refractivity contribution in [1.82, 2.24) is 5.43 Å². The number of esters is 1. The van der Waals surface area contributed by atoms with Crippen LogP contribution in [0.3, 0.4) is 0 Å². The van der Waals surface area contributed by atoms with Gasteiger partial charge in [-0.1, -0.05) is 0 Å². The normalized spacial score (nSPS) is 12.8. The molecule has 1 aliphatic carbocycles. The maximum Gasteiger partial charge on any atom is 0.341 e. The van der Waals surface area contributed by atoms with E-state index in [1.54, 1.807) is 26.0 Å². The van der Waals surface area contributed by atoms with Crippen LogP contribution in [-0.2, 0) is 27.2 Å². The van der Waals surface area contributed by atoms with E-state index in [0.717, 1.165) is 29.7 Å². The highest BCUT2D eigenvalue weighted by Gasteiger charge is 2.29. The van der Waals surface area contributed by atoms with Gasteiger partial charge in [0, 0.05) is 10.4 Å². The molecular formula is C21H23N3O6S. The molecule has 0 spiro atoms. The number of carbonyl (C=O) groups excluding carboxylic acids is 3. The maximum atomic E-state index is 12.4. The first-order valence-electron chi connectivity index (χ1n) is 9.70. The molecule has 1 aromatic carbocycles. The molecule has 0 saturated carbocycles. The number of phenolic OH excluding ortho intramolecular Hbond substituents is 1. The summed E-state index contributed by atoms with van der Waals surface area (Å²) in [6, 6.07) is 4.59. The van der Waals surface area contributed by atoms with Crippen LogP contribution >= 0.6 is 11.3 Å². The zero-order valence-electron chi connectivity index (χ0n) is 17.4. The van der Waals surface area contributed by atoms with Crippen LogP contribution in [0.2, 0.25) is 0 Å². The number of phenols is 1. The Hall–Kier alpha value is -3.40. The van der Waals surface area contributed by atoms with Crippen molar-refractivity contribution >= 4 is 39.8 Å². The summed E-state index contributed by atoms with van der Waals surface area (Å²) >= 11 is 1.29. The molecule has 0 aliphatic heterocycles. The summed E-state index contributed by atoms with van der Waals surface area (Å²) in [7, 11) is 1.42. The molecule has 164 valence electrons. The number of nitrogens with one attached hydrogen (secondary N) is 2. The van der Waals surface area contributed by atoms with E-state index in [9.17, 15) is 19.5 Å². The number of hydrogen-bond acceptors (Lipinski definition) is 8. The Morgan fingerprint density at radius 1 is 1.23 bits per heavy atom. The van der Waals surface area contributed by atoms with Gasteiger partial charge in [0.25, 0.3) is 0 Å². The highest BCUT2D eigenvalue weighted by molar-refractivity contribution is 7.17. The Balaban J connectivity index is 1.71. The minimum absolute atomic E-state index is 0.0253. The Labute approximate surface area is 183 Å². The van der Waals surface area contributed by atoms with Crippen molar-refractivity contribution in [2.45, 2.75) is 33.1 Å². The maximum absolute atomic E-state index is 12.4. The van der Waals surface area contributed by atoms with Crippen molar-refractivity contribution in [3.05, 3.63) is 39.8 Å². The predicted molar refractivity (Wildman–Crippen MR) is 116 cm³/mol. The van der Waals surface area contributed by atoms with E-state index in [0.29, 0.717) is 21.8 Å². The minimum Gasteiger partial charge on any atom is -0.504 e. The van der Waals surface area contributed by atoms with Crippen molar-refractivity contribution < 1.29 is 29.0 Å². The monoisotopic (exact) mass is 445 g/mol. The second-order valence-corrected chi connectivity index (χ2v) is 7.87. The number of hydrogen-bond donors (Lipinski definition) is 3. The number of fused-ring (bicyclic) bond motifs is 1. The van der Waals surface area contributed by atoms with Crippen molar-refractivity contribution in [3.8, 4) is 11.5 Å². The molecule has 0 saturated heterocycles. The quantitative estimate of drug-likeness (QED) is 0.272. The molecule has 2 amide bonds. The molecular weight excluding hydrogens is 422 g/mol. The average Bonchev–Trinajstić information content (AvgIpc) is 3.32. The minimum atomic E-state index is -0.978. The zero-order chi connectivity index (χ0) is 22.5. The predicted octanol–water partition coefficient (Wildman–Crippen LogP) is 2.61. The molecule has 31 heavy (non-hydrogen) atoms. The van der Waals surface area contributed by atoms with Gasteiger partial charge in [0.15, 0.2) is 11.5 Å². The summed E-state index contributed by atoms with van der Waals surface area (Å²) in [6.45, 7) is 3.56. The first kappa shape index (κ1) is 22.3. The fourth-order valence-corrected chi connectivity index (χ4v) is 4.50. The Morgan fingerprint density at radius 3 is 2.71 bits per heavy atom. The van der Waals surface area contributed by atoms with Crippen LogP contribution in [0.5, 0.6) is 11.5 Å². The molecule has 2 aromatic rings. The molecule has 0 atom stereocenters. The molecule has 0 radical (unpaired) electrons. The van der Waals surface area contributed by atoms with Gasteiger partial charge in [-0.3, -0.25) is 9.59 Å². The summed E-state index contributed by atoms with van der Waals surface area (Å²) in [4.78, 5) is 38.0. The Morgan fingerprint density at radius 2 is 2.00 bits per heavy atom. The number of rotatable bonds is 6. The van der Waals surface area contributed by atoms with Gasteiger partial charge < -0.3 is 19.9 Å². The highest BCUT2D eigenvalue weighted by Crippen LogP contribution is 2.39. The van der Waals surface area contributed by atoms with E-state index in [1.165, 1.54) is 24.5 Å². The zero-order valence-corrected chi connectivity index (χ0v) is 18.2. The molecule has 1 heterocycles. The van der Waals surface area contributed by atoms with Crippen molar-refractivity contribution in [2.24, 2.45) is 5.10 Å². The summed E-state index contributed by atoms with van der Waals surface area (Å²) in [5.41, 5.74) is 4.41. The first-order valence-corrected chi connectivity index (χ1v) is 10.5. The van der Waals surface area contributed by atoms with E-state index >= 15 is 0 Å². The van der Waals surface area contributed by atoms with Crippen LogP contribution < -0.4 is 15.5 Å². The second kappa shape index (κ2) is 9.61. The van der Waals surface area contributed by atoms with E-state index < -0.39 is 17.8 Å². The van der Waals surface area contributed by atoms with Crippen LogP contribution in [0, 0.1) is 0 Å². The number of benzene rings is 1. The topological polar surface area (TPSA) is 126 Å². The van der Waals surface area contributed by atoms with Gasteiger partial charge in [-0.25, -0.2) is 10.2 Å². The van der Waals surface area contributed by atoms with Gasteiger partial charge >= 0.3 is 17.8 Å². The summed E-state index contributed by atoms with van der Waals surface area (Å²) < 4.78 is 10.2. The van der Waals surface area contributed by atoms with E-state index in [4.69, 9.17) is 9.47 Å². The number of methoxy groups -OCH3 is 1. The lowest BCUT2D eigenvalue weighted by Gasteiger charge is -2.08. The fourth-order valence-electron chi connectivity index (χ4n) is 3.22. The van der Waals surface area contributed by atoms with Crippen LogP contribution in [0.1, 0.15) is 46.6 Å². The molecule has 3 rings (SSSR count). The number of aryl methyl sites for hydroxylation is 1. The van der Waals surface area contributed by atoms with Gasteiger partial charge in [0.05, 0.1) is 25.0 Å². The Bertz CT molecular complexity index is 1060. The number of hydrazone groups is 1. The van der Waals surface area contributed by atoms with Gasteiger partial charge in [0.1, 0.15) is 5.00 Å². The fraction of sp³-hybridized carbons (Fsp3) is 0.333. The molecule has 3 N–H and O–H groups in total. The smallest absolute Gasteiger partial charge is 0.341 e. The van der Waals surface area contributed by atoms with Crippen molar-refractivity contribution in [2.75, 3.05) is 19.0 Å². The van der Waals surface area contributed by atoms with E-state index in [1.807, 2.05) is 0 Å². The molecule has 9 nitrogen and oxygen atoms in total. The number of nitrogens with zero attached hydrogens (tertiary/aromatic N) is 1. The lowest BCUT2D eigenvalue weighted by Crippen LogP contribution is -2.33. The average molecular weight is 445 g/mol. The van der Waals surface area contributed by atoms with Crippen LogP contribution in [0.15, 0.2) is 23.3 Å². The number of aromatic hydroxyl groups is 1. The van der Waals surface area contributed by atoms with Gasteiger partial charge in [0.2, 0.25) is 0 Å². The summed E-state index contributed by atoms with van der Waals surface area (Å²) in [6.07, 6.45) is 2.51. The lowest BCUT2D eigenvalue weighted by atomic mass is 10.1. The first-order chi connectivity index (χ1) is 14.8. The van der Waals surface area contributed by atoms with Gasteiger partial charge in [-0.05, 0) is 56.9 Å². The molecule has 0 unspecified atom stereocenters. The van der Waals surface area contributed by atoms with Crippen LogP contribution in [0.25, 0.3) is 0 Å². The lowest BCUT2D eigenvalue weighted by molar-refractivity contribution is -0.136. The molecule has 1 aliphatic rings. The number of amides is 2. The van der Waals surface area contributed by atoms with Gasteiger partial charge in [-0.15, -0.1) is 11.3 Å². The molecule has 0 fully saturated rings. The SMILES string of the molecule is CCOC(=O)c1c(NC(=O)C(=O)N/N=C(\C)c2ccc(O)c(OC)c2)sc2c1CCC2. The third kappa shape index (κ3) is 4.85. The number of anilines is 1. The number of carbonyl (C=O) groups is 3. The van der Waals surface area contributed by atoms with Crippen molar-refractivity contribution in [3.63, 3.8) is 0 Å². The second-order valence-electron chi connectivity index (χ2n) is 6.76. The van der Waals surface area contributed by atoms with E-state index in [-0.39, 0.29) is 18.1 Å². The summed E-state index contributed by atoms with van der Waals surface area (Å²) in [5.74, 6) is -2.19. The molecule has 1 aromatic heterocycles. The van der Waals surface area contributed by atoms with Crippen LogP contribution in [-0.4, -0.2) is 42.3 Å².